The van der Waals surface area contributed by atoms with E-state index in [-0.39, 0.29) is 11.9 Å². The molecule has 0 spiro atoms. The summed E-state index contributed by atoms with van der Waals surface area (Å²) in [5.74, 6) is 0.00886. The van der Waals surface area contributed by atoms with Gasteiger partial charge in [0.05, 0.1) is 0 Å². The predicted molar refractivity (Wildman–Crippen MR) is 94.4 cm³/mol. The van der Waals surface area contributed by atoms with E-state index >= 15 is 0 Å². The molecule has 1 aromatic rings. The van der Waals surface area contributed by atoms with Crippen molar-refractivity contribution in [2.24, 2.45) is 0 Å². The molecule has 0 aliphatic carbocycles. The van der Waals surface area contributed by atoms with Crippen molar-refractivity contribution in [1.29, 1.82) is 0 Å². The lowest BCUT2D eigenvalue weighted by atomic mass is 10.1. The van der Waals surface area contributed by atoms with Crippen LogP contribution in [0.2, 0.25) is 0 Å². The highest BCUT2D eigenvalue weighted by atomic mass is 16.6. The van der Waals surface area contributed by atoms with Crippen LogP contribution < -0.4 is 5.32 Å². The lowest BCUT2D eigenvalue weighted by molar-refractivity contribution is -0.127. The third-order valence-electron chi connectivity index (χ3n) is 3.75. The maximum Gasteiger partial charge on any atom is 0.407 e. The molecule has 1 saturated heterocycles. The van der Waals surface area contributed by atoms with Crippen LogP contribution in [-0.2, 0) is 9.53 Å². The second-order valence-electron chi connectivity index (χ2n) is 6.99. The van der Waals surface area contributed by atoms with E-state index in [2.05, 4.69) is 5.32 Å². The summed E-state index contributed by atoms with van der Waals surface area (Å²) in [6.45, 7) is 6.80. The molecule has 1 heterocycles. The van der Waals surface area contributed by atoms with E-state index in [0.717, 1.165) is 18.4 Å². The van der Waals surface area contributed by atoms with Gasteiger partial charge >= 0.3 is 6.09 Å². The van der Waals surface area contributed by atoms with Gasteiger partial charge in [0.1, 0.15) is 5.60 Å². The molecule has 5 nitrogen and oxygen atoms in total. The number of piperidine rings is 1. The standard InChI is InChI=1S/C19H26N2O3/c1-19(2,3)24-18(23)20-16-11-13-21(14-12-16)17(22)10-9-15-7-5-4-6-8-15/h4-10,16H,11-14H2,1-3H3,(H,20,23). The van der Waals surface area contributed by atoms with Gasteiger partial charge in [-0.3, -0.25) is 4.79 Å². The monoisotopic (exact) mass is 330 g/mol. The number of alkyl carbamates (subject to hydrolysis) is 1. The number of ether oxygens (including phenoxy) is 1. The van der Waals surface area contributed by atoms with Crippen LogP contribution in [0.1, 0.15) is 39.2 Å². The van der Waals surface area contributed by atoms with Crippen molar-refractivity contribution >= 4 is 18.1 Å². The molecule has 5 heteroatoms. The summed E-state index contributed by atoms with van der Waals surface area (Å²) < 4.78 is 5.26. The zero-order valence-electron chi connectivity index (χ0n) is 14.6. The summed E-state index contributed by atoms with van der Waals surface area (Å²) in [5, 5.41) is 2.88. The number of likely N-dealkylation sites (tertiary alicyclic amines) is 1. The number of nitrogens with zero attached hydrogens (tertiary/aromatic N) is 1. The average Bonchev–Trinajstić information content (AvgIpc) is 2.52. The number of carbonyl (C=O) groups excluding carboxylic acids is 2. The Balaban J connectivity index is 1.77. The van der Waals surface area contributed by atoms with Crippen LogP contribution in [0.15, 0.2) is 36.4 Å². The van der Waals surface area contributed by atoms with E-state index in [1.165, 1.54) is 0 Å². The molecule has 0 atom stereocenters. The minimum Gasteiger partial charge on any atom is -0.444 e. The first kappa shape index (κ1) is 18.0. The van der Waals surface area contributed by atoms with Crippen LogP contribution in [0.25, 0.3) is 6.08 Å². The quantitative estimate of drug-likeness (QED) is 0.866. The Morgan fingerprint density at radius 3 is 2.38 bits per heavy atom. The van der Waals surface area contributed by atoms with Gasteiger partial charge < -0.3 is 15.0 Å². The Bertz CT molecular complexity index is 582. The lowest BCUT2D eigenvalue weighted by Crippen LogP contribution is -2.47. The van der Waals surface area contributed by atoms with Gasteiger partial charge in [-0.2, -0.15) is 0 Å². The highest BCUT2D eigenvalue weighted by Crippen LogP contribution is 2.13. The van der Waals surface area contributed by atoms with Gasteiger partial charge in [0.15, 0.2) is 0 Å². The Kier molecular flexibility index (Phi) is 6.01. The van der Waals surface area contributed by atoms with Gasteiger partial charge in [0.2, 0.25) is 5.91 Å². The van der Waals surface area contributed by atoms with Crippen LogP contribution in [0, 0.1) is 0 Å². The van der Waals surface area contributed by atoms with Crippen molar-refractivity contribution in [2.45, 2.75) is 45.3 Å². The van der Waals surface area contributed by atoms with Gasteiger partial charge in [-0.15, -0.1) is 0 Å². The summed E-state index contributed by atoms with van der Waals surface area (Å²) in [7, 11) is 0. The molecule has 1 N–H and O–H groups in total. The third-order valence-corrected chi connectivity index (χ3v) is 3.75. The lowest BCUT2D eigenvalue weighted by Gasteiger charge is -2.32. The molecule has 130 valence electrons. The van der Waals surface area contributed by atoms with E-state index in [0.29, 0.717) is 13.1 Å². The first-order valence-electron chi connectivity index (χ1n) is 8.35. The summed E-state index contributed by atoms with van der Waals surface area (Å²) in [4.78, 5) is 25.8. The number of nitrogens with one attached hydrogen (secondary N) is 1. The number of amides is 2. The van der Waals surface area contributed by atoms with Crippen LogP contribution in [0.4, 0.5) is 4.79 Å². The van der Waals surface area contributed by atoms with Crippen molar-refractivity contribution in [2.75, 3.05) is 13.1 Å². The Hall–Kier alpha value is -2.30. The molecule has 0 aromatic heterocycles. The normalized spacial score (nSPS) is 16.2. The first-order valence-corrected chi connectivity index (χ1v) is 8.35. The smallest absolute Gasteiger partial charge is 0.407 e. The Morgan fingerprint density at radius 2 is 1.79 bits per heavy atom. The van der Waals surface area contributed by atoms with Crippen molar-refractivity contribution in [3.63, 3.8) is 0 Å². The van der Waals surface area contributed by atoms with Crippen molar-refractivity contribution < 1.29 is 14.3 Å². The molecule has 1 aliphatic rings. The van der Waals surface area contributed by atoms with Crippen LogP contribution in [0.3, 0.4) is 0 Å². The van der Waals surface area contributed by atoms with Crippen molar-refractivity contribution in [1.82, 2.24) is 10.2 Å². The number of carbonyl (C=O) groups is 2. The van der Waals surface area contributed by atoms with Gasteiger partial charge in [0.25, 0.3) is 0 Å². The molecule has 2 amide bonds. The molecule has 1 fully saturated rings. The van der Waals surface area contributed by atoms with E-state index in [9.17, 15) is 9.59 Å². The maximum atomic E-state index is 12.2. The topological polar surface area (TPSA) is 58.6 Å². The van der Waals surface area contributed by atoms with Crippen LogP contribution in [0.5, 0.6) is 0 Å². The fraction of sp³-hybridized carbons (Fsp3) is 0.474. The molecule has 0 saturated carbocycles. The highest BCUT2D eigenvalue weighted by molar-refractivity contribution is 5.91. The fourth-order valence-corrected chi connectivity index (χ4v) is 2.56. The minimum absolute atomic E-state index is 0.00886. The summed E-state index contributed by atoms with van der Waals surface area (Å²) >= 11 is 0. The first-order chi connectivity index (χ1) is 11.3. The number of hydrogen-bond donors (Lipinski definition) is 1. The fourth-order valence-electron chi connectivity index (χ4n) is 2.56. The minimum atomic E-state index is -0.497. The van der Waals surface area contributed by atoms with Crippen LogP contribution in [-0.4, -0.2) is 41.6 Å². The molecule has 2 rings (SSSR count). The molecular weight excluding hydrogens is 304 g/mol. The molecule has 1 aromatic carbocycles. The summed E-state index contributed by atoms with van der Waals surface area (Å²) in [5.41, 5.74) is 0.510. The SMILES string of the molecule is CC(C)(C)OC(=O)NC1CCN(C(=O)C=Cc2ccccc2)CC1. The van der Waals surface area contributed by atoms with Gasteiger partial charge in [-0.1, -0.05) is 30.3 Å². The summed E-state index contributed by atoms with van der Waals surface area (Å²) in [6, 6.07) is 9.81. The van der Waals surface area contributed by atoms with Gasteiger partial charge in [0, 0.05) is 25.2 Å². The van der Waals surface area contributed by atoms with E-state index in [4.69, 9.17) is 4.74 Å². The molecule has 24 heavy (non-hydrogen) atoms. The number of rotatable bonds is 3. The molecular formula is C19H26N2O3. The zero-order chi connectivity index (χ0) is 17.6. The van der Waals surface area contributed by atoms with Gasteiger partial charge in [-0.05, 0) is 45.3 Å². The second-order valence-corrected chi connectivity index (χ2v) is 6.99. The predicted octanol–water partition coefficient (Wildman–Crippen LogP) is 3.22. The van der Waals surface area contributed by atoms with Crippen molar-refractivity contribution in [3.8, 4) is 0 Å². The van der Waals surface area contributed by atoms with Crippen molar-refractivity contribution in [3.05, 3.63) is 42.0 Å². The summed E-state index contributed by atoms with van der Waals surface area (Å²) in [6.07, 6.45) is 4.52. The largest absolute Gasteiger partial charge is 0.444 e. The zero-order valence-corrected chi connectivity index (χ0v) is 14.6. The molecule has 0 bridgehead atoms. The average molecular weight is 330 g/mol. The molecule has 1 aliphatic heterocycles. The number of benzene rings is 1. The van der Waals surface area contributed by atoms with E-state index in [1.807, 2.05) is 62.1 Å². The molecule has 0 radical (unpaired) electrons. The number of hydrogen-bond acceptors (Lipinski definition) is 3. The van der Waals surface area contributed by atoms with Gasteiger partial charge in [-0.25, -0.2) is 4.79 Å². The second kappa shape index (κ2) is 7.99. The third kappa shape index (κ3) is 6.07. The Morgan fingerprint density at radius 1 is 1.17 bits per heavy atom. The molecule has 0 unspecified atom stereocenters. The van der Waals surface area contributed by atoms with E-state index < -0.39 is 11.7 Å². The maximum absolute atomic E-state index is 12.2. The van der Waals surface area contributed by atoms with Crippen LogP contribution >= 0.6 is 0 Å². The van der Waals surface area contributed by atoms with E-state index in [1.54, 1.807) is 6.08 Å². The highest BCUT2D eigenvalue weighted by Gasteiger charge is 2.24. The Labute approximate surface area is 143 Å².